The van der Waals surface area contributed by atoms with E-state index in [4.69, 9.17) is 32.7 Å². The van der Waals surface area contributed by atoms with E-state index in [1.54, 1.807) is 48.5 Å². The largest absolute Gasteiger partial charge is 0.497 e. The summed E-state index contributed by atoms with van der Waals surface area (Å²) >= 11 is 12.3. The van der Waals surface area contributed by atoms with E-state index >= 15 is 0 Å². The van der Waals surface area contributed by atoms with Crippen LogP contribution in [0, 0.1) is 6.92 Å². The topological polar surface area (TPSA) is 97.0 Å². The number of nitrogens with one attached hydrogen (secondary N) is 2. The summed E-state index contributed by atoms with van der Waals surface area (Å²) in [5.74, 6) is -0.953. The van der Waals surface area contributed by atoms with Crippen molar-refractivity contribution < 1.29 is 23.9 Å². The molecule has 1 aliphatic heterocycles. The third kappa shape index (κ3) is 4.86. The molecule has 0 unspecified atom stereocenters. The van der Waals surface area contributed by atoms with Gasteiger partial charge in [-0.2, -0.15) is 0 Å². The molecule has 0 aliphatic carbocycles. The summed E-state index contributed by atoms with van der Waals surface area (Å²) in [5.41, 5.74) is 2.42. The third-order valence-electron chi connectivity index (χ3n) is 5.52. The van der Waals surface area contributed by atoms with Gasteiger partial charge in [0.25, 0.3) is 17.7 Å². The minimum absolute atomic E-state index is 0.0988. The molecule has 0 bridgehead atoms. The standard InChI is InChI=1S/C26H21Cl2N3O5/c1-14-4-7-16(27)12-19(14)30-24(32)15-5-8-17(9-6-15)29-23-22(28)25(33)31(26(23)34)20-13-18(35-2)10-11-21(20)36-3/h4-13,29H,1-3H3,(H,30,32). The van der Waals surface area contributed by atoms with Gasteiger partial charge >= 0.3 is 0 Å². The summed E-state index contributed by atoms with van der Waals surface area (Å²) in [4.78, 5) is 39.6. The lowest BCUT2D eigenvalue weighted by Crippen LogP contribution is -2.32. The van der Waals surface area contributed by atoms with Gasteiger partial charge < -0.3 is 20.1 Å². The number of hydrogen-bond acceptors (Lipinski definition) is 6. The fourth-order valence-electron chi connectivity index (χ4n) is 3.57. The van der Waals surface area contributed by atoms with Crippen molar-refractivity contribution in [3.63, 3.8) is 0 Å². The zero-order valence-corrected chi connectivity index (χ0v) is 21.0. The van der Waals surface area contributed by atoms with Crippen LogP contribution in [0.3, 0.4) is 0 Å². The monoisotopic (exact) mass is 525 g/mol. The summed E-state index contributed by atoms with van der Waals surface area (Å²) in [6.07, 6.45) is 0. The van der Waals surface area contributed by atoms with Crippen LogP contribution in [0.15, 0.2) is 71.4 Å². The van der Waals surface area contributed by atoms with Gasteiger partial charge in [0.05, 0.1) is 19.9 Å². The highest BCUT2D eigenvalue weighted by Crippen LogP contribution is 2.38. The first kappa shape index (κ1) is 25.1. The minimum Gasteiger partial charge on any atom is -0.497 e. The Morgan fingerprint density at radius 1 is 0.889 bits per heavy atom. The number of carbonyl (C=O) groups excluding carboxylic acids is 3. The van der Waals surface area contributed by atoms with Crippen LogP contribution in [-0.2, 0) is 9.59 Å². The quantitative estimate of drug-likeness (QED) is 0.403. The van der Waals surface area contributed by atoms with Crippen molar-refractivity contribution in [2.24, 2.45) is 0 Å². The molecule has 1 heterocycles. The fourth-order valence-corrected chi connectivity index (χ4v) is 3.96. The molecule has 3 aromatic carbocycles. The van der Waals surface area contributed by atoms with Crippen LogP contribution >= 0.6 is 23.2 Å². The number of benzene rings is 3. The second-order valence-corrected chi connectivity index (χ2v) is 8.60. The summed E-state index contributed by atoms with van der Waals surface area (Å²) in [6.45, 7) is 1.86. The van der Waals surface area contributed by atoms with Crippen LogP contribution in [0.1, 0.15) is 15.9 Å². The number of methoxy groups -OCH3 is 2. The van der Waals surface area contributed by atoms with Crippen LogP contribution in [0.2, 0.25) is 5.02 Å². The van der Waals surface area contributed by atoms with Gasteiger partial charge in [0.15, 0.2) is 0 Å². The molecule has 0 radical (unpaired) electrons. The Labute approximate surface area is 217 Å². The Bertz CT molecular complexity index is 1400. The molecular weight excluding hydrogens is 505 g/mol. The highest BCUT2D eigenvalue weighted by molar-refractivity contribution is 6.53. The van der Waals surface area contributed by atoms with E-state index in [1.165, 1.54) is 20.3 Å². The molecule has 4 rings (SSSR count). The molecule has 1 aliphatic rings. The van der Waals surface area contributed by atoms with Crippen molar-refractivity contribution >= 4 is 58.0 Å². The van der Waals surface area contributed by atoms with Crippen LogP contribution in [0.25, 0.3) is 0 Å². The molecule has 0 saturated heterocycles. The van der Waals surface area contributed by atoms with Crippen molar-refractivity contribution in [2.45, 2.75) is 6.92 Å². The lowest BCUT2D eigenvalue weighted by molar-refractivity contribution is -0.120. The number of aryl methyl sites for hydroxylation is 1. The average Bonchev–Trinajstić information content (AvgIpc) is 3.09. The second-order valence-electron chi connectivity index (χ2n) is 7.79. The van der Waals surface area contributed by atoms with Crippen LogP contribution < -0.4 is 25.0 Å². The third-order valence-corrected chi connectivity index (χ3v) is 6.10. The van der Waals surface area contributed by atoms with Crippen LogP contribution in [0.4, 0.5) is 17.1 Å². The number of rotatable bonds is 7. The molecule has 2 N–H and O–H groups in total. The molecule has 36 heavy (non-hydrogen) atoms. The van der Waals surface area contributed by atoms with E-state index in [-0.39, 0.29) is 22.3 Å². The van der Waals surface area contributed by atoms with Crippen molar-refractivity contribution in [2.75, 3.05) is 29.8 Å². The maximum Gasteiger partial charge on any atom is 0.283 e. The maximum absolute atomic E-state index is 13.2. The number of hydrogen-bond donors (Lipinski definition) is 2. The zero-order valence-electron chi connectivity index (χ0n) is 19.5. The summed E-state index contributed by atoms with van der Waals surface area (Å²) < 4.78 is 10.5. The first-order chi connectivity index (χ1) is 17.2. The van der Waals surface area contributed by atoms with E-state index < -0.39 is 11.8 Å². The van der Waals surface area contributed by atoms with E-state index in [2.05, 4.69) is 10.6 Å². The van der Waals surface area contributed by atoms with Gasteiger partial charge in [-0.25, -0.2) is 4.90 Å². The van der Waals surface area contributed by atoms with E-state index in [1.807, 2.05) is 13.0 Å². The van der Waals surface area contributed by atoms with E-state index in [0.717, 1.165) is 10.5 Å². The molecule has 10 heteroatoms. The highest BCUT2D eigenvalue weighted by Gasteiger charge is 2.40. The van der Waals surface area contributed by atoms with Crippen molar-refractivity contribution in [1.82, 2.24) is 0 Å². The lowest BCUT2D eigenvalue weighted by atomic mass is 10.1. The van der Waals surface area contributed by atoms with Gasteiger partial charge in [0.2, 0.25) is 0 Å². The normalized spacial score (nSPS) is 13.2. The number of nitrogens with zero attached hydrogens (tertiary/aromatic N) is 1. The number of ether oxygens (including phenoxy) is 2. The summed E-state index contributed by atoms with van der Waals surface area (Å²) in [5, 5.41) is 5.94. The SMILES string of the molecule is COc1ccc(OC)c(N2C(=O)C(Cl)=C(Nc3ccc(C(=O)Nc4cc(Cl)ccc4C)cc3)C2=O)c1. The van der Waals surface area contributed by atoms with Crippen molar-refractivity contribution in [1.29, 1.82) is 0 Å². The van der Waals surface area contributed by atoms with Gasteiger partial charge in [-0.15, -0.1) is 0 Å². The molecule has 0 fully saturated rings. The number of anilines is 3. The summed E-state index contributed by atoms with van der Waals surface area (Å²) in [7, 11) is 2.90. The first-order valence-corrected chi connectivity index (χ1v) is 11.4. The predicted molar refractivity (Wildman–Crippen MR) is 139 cm³/mol. The molecule has 184 valence electrons. The van der Waals surface area contributed by atoms with Gasteiger partial charge in [-0.1, -0.05) is 29.3 Å². The van der Waals surface area contributed by atoms with Crippen LogP contribution in [-0.4, -0.2) is 31.9 Å². The Morgan fingerprint density at radius 2 is 1.61 bits per heavy atom. The number of imide groups is 1. The predicted octanol–water partition coefficient (Wildman–Crippen LogP) is 5.35. The van der Waals surface area contributed by atoms with Crippen molar-refractivity contribution in [3.05, 3.63) is 87.5 Å². The lowest BCUT2D eigenvalue weighted by Gasteiger charge is -2.19. The fraction of sp³-hybridized carbons (Fsp3) is 0.115. The summed E-state index contributed by atoms with van der Waals surface area (Å²) in [6, 6.07) is 16.3. The highest BCUT2D eigenvalue weighted by atomic mass is 35.5. The Kier molecular flexibility index (Phi) is 7.19. The van der Waals surface area contributed by atoms with Gasteiger partial charge in [-0.05, 0) is 61.0 Å². The molecule has 0 atom stereocenters. The van der Waals surface area contributed by atoms with E-state index in [0.29, 0.717) is 33.5 Å². The molecule has 8 nitrogen and oxygen atoms in total. The number of amides is 3. The molecule has 0 saturated carbocycles. The smallest absolute Gasteiger partial charge is 0.283 e. The molecule has 0 spiro atoms. The van der Waals surface area contributed by atoms with Crippen LogP contribution in [0.5, 0.6) is 11.5 Å². The Balaban J connectivity index is 1.52. The number of halogens is 2. The van der Waals surface area contributed by atoms with Gasteiger partial charge in [-0.3, -0.25) is 14.4 Å². The van der Waals surface area contributed by atoms with Gasteiger partial charge in [0, 0.05) is 28.0 Å². The first-order valence-electron chi connectivity index (χ1n) is 10.7. The average molecular weight is 526 g/mol. The minimum atomic E-state index is -0.705. The molecule has 3 aromatic rings. The van der Waals surface area contributed by atoms with Crippen molar-refractivity contribution in [3.8, 4) is 11.5 Å². The zero-order chi connectivity index (χ0) is 26.0. The van der Waals surface area contributed by atoms with Gasteiger partial charge in [0.1, 0.15) is 22.2 Å². The molecular formula is C26H21Cl2N3O5. The maximum atomic E-state index is 13.2. The molecule has 3 amide bonds. The molecule has 0 aromatic heterocycles. The number of carbonyl (C=O) groups is 3. The Morgan fingerprint density at radius 3 is 2.28 bits per heavy atom. The second kappa shape index (κ2) is 10.3. The Hall–Kier alpha value is -4.01. The van der Waals surface area contributed by atoms with E-state index in [9.17, 15) is 14.4 Å².